The number of rotatable bonds is 5. The van der Waals surface area contributed by atoms with E-state index in [0.717, 1.165) is 19.3 Å². The second kappa shape index (κ2) is 7.10. The first-order valence-corrected chi connectivity index (χ1v) is 6.98. The van der Waals surface area contributed by atoms with Gasteiger partial charge < -0.3 is 0 Å². The van der Waals surface area contributed by atoms with Crippen LogP contribution in [0.5, 0.6) is 0 Å². The molecule has 0 spiro atoms. The third-order valence-corrected chi connectivity index (χ3v) is 3.38. The van der Waals surface area contributed by atoms with Gasteiger partial charge in [0, 0.05) is 6.42 Å². The molecular formula is C13H16O3S. The summed E-state index contributed by atoms with van der Waals surface area (Å²) >= 11 is 0. The van der Waals surface area contributed by atoms with Gasteiger partial charge in [0.2, 0.25) is 0 Å². The molecular weight excluding hydrogens is 236 g/mol. The highest BCUT2D eigenvalue weighted by atomic mass is 32.2. The van der Waals surface area contributed by atoms with Crippen molar-refractivity contribution in [3.05, 3.63) is 30.3 Å². The van der Waals surface area contributed by atoms with Gasteiger partial charge >= 0.3 is 0 Å². The van der Waals surface area contributed by atoms with Crippen molar-refractivity contribution in [1.82, 2.24) is 0 Å². The van der Waals surface area contributed by atoms with Crippen molar-refractivity contribution in [3.8, 4) is 11.8 Å². The minimum absolute atomic E-state index is 0.0824. The van der Waals surface area contributed by atoms with Crippen LogP contribution >= 0.6 is 0 Å². The van der Waals surface area contributed by atoms with Crippen molar-refractivity contribution in [1.29, 1.82) is 0 Å². The number of unbranched alkanes of at least 4 members (excludes halogenated alkanes) is 2. The molecule has 0 saturated heterocycles. The van der Waals surface area contributed by atoms with Crippen LogP contribution in [0.15, 0.2) is 35.2 Å². The monoisotopic (exact) mass is 252 g/mol. The summed E-state index contributed by atoms with van der Waals surface area (Å²) < 4.78 is 28.1. The van der Waals surface area contributed by atoms with Crippen LogP contribution in [0.2, 0.25) is 0 Å². The van der Waals surface area contributed by atoms with Gasteiger partial charge in [0.15, 0.2) is 0 Å². The summed E-state index contributed by atoms with van der Waals surface area (Å²) in [5.74, 6) is 5.57. The van der Waals surface area contributed by atoms with Crippen molar-refractivity contribution < 1.29 is 12.6 Å². The zero-order chi connectivity index (χ0) is 12.6. The molecule has 1 rings (SSSR count). The van der Waals surface area contributed by atoms with E-state index in [9.17, 15) is 8.42 Å². The first-order valence-electron chi connectivity index (χ1n) is 5.57. The molecule has 0 heterocycles. The van der Waals surface area contributed by atoms with E-state index in [-0.39, 0.29) is 11.5 Å². The topological polar surface area (TPSA) is 43.4 Å². The highest BCUT2D eigenvalue weighted by Crippen LogP contribution is 2.10. The van der Waals surface area contributed by atoms with Crippen LogP contribution in [0, 0.1) is 11.8 Å². The Hall–Kier alpha value is -1.31. The van der Waals surface area contributed by atoms with E-state index in [2.05, 4.69) is 18.8 Å². The fraction of sp³-hybridized carbons (Fsp3) is 0.385. The number of hydrogen-bond acceptors (Lipinski definition) is 3. The number of benzene rings is 1. The van der Waals surface area contributed by atoms with Crippen LogP contribution < -0.4 is 0 Å². The summed E-state index contributed by atoms with van der Waals surface area (Å²) in [7, 11) is -3.66. The maximum atomic E-state index is 11.6. The van der Waals surface area contributed by atoms with Crippen LogP contribution in [-0.2, 0) is 14.3 Å². The Labute approximate surface area is 103 Å². The molecule has 3 nitrogen and oxygen atoms in total. The minimum atomic E-state index is -3.66. The van der Waals surface area contributed by atoms with E-state index in [4.69, 9.17) is 4.18 Å². The van der Waals surface area contributed by atoms with Crippen LogP contribution in [-0.4, -0.2) is 15.0 Å². The average Bonchev–Trinajstić information content (AvgIpc) is 2.35. The zero-order valence-corrected chi connectivity index (χ0v) is 10.7. The molecule has 92 valence electrons. The molecule has 0 N–H and O–H groups in total. The predicted molar refractivity (Wildman–Crippen MR) is 66.9 cm³/mol. The molecule has 0 bridgehead atoms. The van der Waals surface area contributed by atoms with E-state index in [1.165, 1.54) is 12.1 Å². The van der Waals surface area contributed by atoms with Gasteiger partial charge in [-0.2, -0.15) is 8.42 Å². The van der Waals surface area contributed by atoms with Crippen LogP contribution in [0.3, 0.4) is 0 Å². The third kappa shape index (κ3) is 5.03. The van der Waals surface area contributed by atoms with E-state index >= 15 is 0 Å². The molecule has 0 fully saturated rings. The summed E-state index contributed by atoms with van der Waals surface area (Å²) in [6, 6.07) is 8.07. The summed E-state index contributed by atoms with van der Waals surface area (Å²) in [4.78, 5) is 0.162. The largest absolute Gasteiger partial charge is 0.297 e. The maximum absolute atomic E-state index is 11.6. The van der Waals surface area contributed by atoms with E-state index in [0.29, 0.717) is 0 Å². The predicted octanol–water partition coefficient (Wildman–Crippen LogP) is 2.59. The fourth-order valence-corrected chi connectivity index (χ4v) is 2.01. The van der Waals surface area contributed by atoms with Crippen molar-refractivity contribution in [2.24, 2.45) is 0 Å². The molecule has 0 amide bonds. The van der Waals surface area contributed by atoms with E-state index in [1.807, 2.05) is 0 Å². The van der Waals surface area contributed by atoms with Crippen molar-refractivity contribution in [3.63, 3.8) is 0 Å². The molecule has 0 radical (unpaired) electrons. The lowest BCUT2D eigenvalue weighted by molar-refractivity contribution is 0.363. The van der Waals surface area contributed by atoms with Gasteiger partial charge in [-0.3, -0.25) is 4.18 Å². The normalized spacial score (nSPS) is 10.6. The molecule has 0 aliphatic carbocycles. The smallest absolute Gasteiger partial charge is 0.253 e. The Morgan fingerprint density at radius 3 is 2.53 bits per heavy atom. The lowest BCUT2D eigenvalue weighted by Gasteiger charge is -2.01. The molecule has 1 aromatic rings. The Morgan fingerprint density at radius 1 is 1.18 bits per heavy atom. The Bertz CT molecular complexity index is 480. The summed E-state index contributed by atoms with van der Waals surface area (Å²) in [5, 5.41) is 0. The van der Waals surface area contributed by atoms with Crippen LogP contribution in [0.4, 0.5) is 0 Å². The first kappa shape index (κ1) is 13.8. The van der Waals surface area contributed by atoms with Gasteiger partial charge in [0.25, 0.3) is 10.1 Å². The van der Waals surface area contributed by atoms with E-state index < -0.39 is 10.1 Å². The van der Waals surface area contributed by atoms with Crippen molar-refractivity contribution in [2.75, 3.05) is 6.61 Å². The van der Waals surface area contributed by atoms with Gasteiger partial charge in [0.1, 0.15) is 6.61 Å². The number of hydrogen-bond donors (Lipinski definition) is 0. The fourth-order valence-electron chi connectivity index (χ4n) is 1.17. The Morgan fingerprint density at radius 2 is 1.88 bits per heavy atom. The zero-order valence-electron chi connectivity index (χ0n) is 9.85. The van der Waals surface area contributed by atoms with Crippen LogP contribution in [0.1, 0.15) is 26.2 Å². The highest BCUT2D eigenvalue weighted by molar-refractivity contribution is 7.86. The lowest BCUT2D eigenvalue weighted by Crippen LogP contribution is -2.06. The van der Waals surface area contributed by atoms with Crippen LogP contribution in [0.25, 0.3) is 0 Å². The quantitative estimate of drug-likeness (QED) is 0.459. The molecule has 4 heteroatoms. The van der Waals surface area contributed by atoms with Gasteiger partial charge in [-0.1, -0.05) is 37.5 Å². The SMILES string of the molecule is CCCCC#CCOS(=O)(=O)c1ccccc1. The summed E-state index contributed by atoms with van der Waals surface area (Å²) in [6.07, 6.45) is 2.89. The highest BCUT2D eigenvalue weighted by Gasteiger charge is 2.12. The minimum Gasteiger partial charge on any atom is -0.253 e. The molecule has 0 aliphatic heterocycles. The maximum Gasteiger partial charge on any atom is 0.297 e. The summed E-state index contributed by atoms with van der Waals surface area (Å²) in [5.41, 5.74) is 0. The molecule has 0 saturated carbocycles. The molecule has 17 heavy (non-hydrogen) atoms. The standard InChI is InChI=1S/C13H16O3S/c1-2-3-4-5-9-12-16-17(14,15)13-10-7-6-8-11-13/h6-8,10-11H,2-4,12H2,1H3. The summed E-state index contributed by atoms with van der Waals surface area (Å²) in [6.45, 7) is 2.00. The second-order valence-corrected chi connectivity index (χ2v) is 5.10. The van der Waals surface area contributed by atoms with Gasteiger partial charge in [-0.25, -0.2) is 0 Å². The van der Waals surface area contributed by atoms with Gasteiger partial charge in [-0.15, -0.1) is 5.92 Å². The van der Waals surface area contributed by atoms with Gasteiger partial charge in [-0.05, 0) is 18.6 Å². The lowest BCUT2D eigenvalue weighted by atomic mass is 10.2. The molecule has 0 aliphatic rings. The molecule has 0 atom stereocenters. The molecule has 0 aromatic heterocycles. The van der Waals surface area contributed by atoms with Crippen molar-refractivity contribution in [2.45, 2.75) is 31.1 Å². The average molecular weight is 252 g/mol. The second-order valence-electron chi connectivity index (χ2n) is 3.49. The Balaban J connectivity index is 2.48. The third-order valence-electron chi connectivity index (χ3n) is 2.10. The first-order chi connectivity index (χ1) is 8.17. The van der Waals surface area contributed by atoms with E-state index in [1.54, 1.807) is 18.2 Å². The molecule has 1 aromatic carbocycles. The molecule has 0 unspecified atom stereocenters. The van der Waals surface area contributed by atoms with Gasteiger partial charge in [0.05, 0.1) is 4.90 Å². The van der Waals surface area contributed by atoms with Crippen molar-refractivity contribution >= 4 is 10.1 Å². The Kier molecular flexibility index (Phi) is 5.75.